The van der Waals surface area contributed by atoms with Crippen LogP contribution in [0.15, 0.2) is 38.6 Å². The zero-order chi connectivity index (χ0) is 25.2. The summed E-state index contributed by atoms with van der Waals surface area (Å²) < 4.78 is 0. The largest absolute Gasteiger partial charge is 0.363 e. The zero-order valence-electron chi connectivity index (χ0n) is 20.7. The van der Waals surface area contributed by atoms with E-state index in [2.05, 4.69) is 15.3 Å². The predicted molar refractivity (Wildman–Crippen MR) is 138 cm³/mol. The molecule has 1 amide bonds. The third kappa shape index (κ3) is 5.00. The van der Waals surface area contributed by atoms with Gasteiger partial charge < -0.3 is 15.2 Å². The molecule has 2 aromatic carbocycles. The van der Waals surface area contributed by atoms with Gasteiger partial charge in [0.15, 0.2) is 5.82 Å². The van der Waals surface area contributed by atoms with E-state index in [9.17, 15) is 19.2 Å². The number of rotatable bonds is 4. The second-order valence-electron chi connectivity index (χ2n) is 9.32. The van der Waals surface area contributed by atoms with Crippen LogP contribution in [-0.4, -0.2) is 22.4 Å². The molecule has 0 spiro atoms. The fourth-order valence-corrected chi connectivity index (χ4v) is 4.00. The SMILES string of the molecule is CC.Cc1c(N2CCc3ccc(CNC(=O)c4nc(C(C)(C)C)cc(=O)[nH]4)cc3C2)c(=O)c1=O.[HH].[HH]. The summed E-state index contributed by atoms with van der Waals surface area (Å²) in [6.07, 6.45) is 0.783. The molecule has 0 atom stereocenters. The second-order valence-corrected chi connectivity index (χ2v) is 9.32. The lowest BCUT2D eigenvalue weighted by Crippen LogP contribution is -2.44. The van der Waals surface area contributed by atoms with E-state index >= 15 is 0 Å². The minimum atomic E-state index is -0.452. The number of benzene rings is 1. The Balaban J connectivity index is 0.00000158. The number of nitrogens with zero attached hydrogens (tertiary/aromatic N) is 2. The van der Waals surface area contributed by atoms with Crippen LogP contribution in [0.2, 0.25) is 0 Å². The molecule has 184 valence electrons. The number of H-pyrrole nitrogens is 1. The van der Waals surface area contributed by atoms with Crippen molar-refractivity contribution in [1.29, 1.82) is 0 Å². The molecule has 0 unspecified atom stereocenters. The highest BCUT2D eigenvalue weighted by Crippen LogP contribution is 2.25. The lowest BCUT2D eigenvalue weighted by molar-refractivity contribution is 0.0939. The van der Waals surface area contributed by atoms with Crippen molar-refractivity contribution in [1.82, 2.24) is 15.3 Å². The Labute approximate surface area is 201 Å². The minimum Gasteiger partial charge on any atom is -0.363 e. The first-order valence-corrected chi connectivity index (χ1v) is 11.6. The fraction of sp³-hybridized carbons (Fsp3) is 0.423. The van der Waals surface area contributed by atoms with Crippen LogP contribution >= 0.6 is 0 Å². The molecule has 34 heavy (non-hydrogen) atoms. The van der Waals surface area contributed by atoms with E-state index in [1.807, 2.05) is 57.7 Å². The Bertz CT molecular complexity index is 1350. The van der Waals surface area contributed by atoms with Gasteiger partial charge in [0.05, 0.1) is 11.4 Å². The standard InChI is InChI=1S/C24H26N4O4.C2H6.2H2/c1-13-19(21(31)20(13)30)28-8-7-15-6-5-14(9-16(15)12-28)11-25-23(32)22-26-17(24(2,3)4)10-18(29)27-22;1-2;;/h5-6,9-10H,7-8,11-12H2,1-4H3,(H,25,32)(H,26,27,29);1-2H3;2*1H. The first-order chi connectivity index (χ1) is 16.0. The quantitative estimate of drug-likeness (QED) is 0.570. The van der Waals surface area contributed by atoms with Crippen molar-refractivity contribution in [3.05, 3.63) is 88.8 Å². The molecule has 0 bridgehead atoms. The van der Waals surface area contributed by atoms with Crippen molar-refractivity contribution < 1.29 is 7.65 Å². The van der Waals surface area contributed by atoms with Crippen LogP contribution in [-0.2, 0) is 24.9 Å². The molecule has 1 aliphatic heterocycles. The van der Waals surface area contributed by atoms with Gasteiger partial charge in [0, 0.05) is 39.5 Å². The Morgan fingerprint density at radius 3 is 2.47 bits per heavy atom. The molecule has 0 radical (unpaired) electrons. The molecule has 0 fully saturated rings. The predicted octanol–water partition coefficient (Wildman–Crippen LogP) is 2.98. The molecule has 0 aliphatic carbocycles. The molecule has 8 heteroatoms. The minimum absolute atomic E-state index is 0. The Hall–Kier alpha value is -3.55. The Kier molecular flexibility index (Phi) is 7.19. The number of hydrogen-bond acceptors (Lipinski definition) is 6. The van der Waals surface area contributed by atoms with Crippen molar-refractivity contribution in [3.8, 4) is 0 Å². The number of anilines is 1. The van der Waals surface area contributed by atoms with Gasteiger partial charge in [-0.1, -0.05) is 52.8 Å². The summed E-state index contributed by atoms with van der Waals surface area (Å²) in [4.78, 5) is 56.8. The Morgan fingerprint density at radius 1 is 1.12 bits per heavy atom. The number of aromatic amines is 1. The van der Waals surface area contributed by atoms with Gasteiger partial charge in [0.1, 0.15) is 0 Å². The number of hydrogen-bond donors (Lipinski definition) is 2. The lowest BCUT2D eigenvalue weighted by Gasteiger charge is -2.32. The average Bonchev–Trinajstić information content (AvgIpc) is 2.82. The molecule has 1 aromatic heterocycles. The first-order valence-electron chi connectivity index (χ1n) is 11.6. The molecule has 2 N–H and O–H groups in total. The highest BCUT2D eigenvalue weighted by atomic mass is 16.2. The van der Waals surface area contributed by atoms with Gasteiger partial charge >= 0.3 is 0 Å². The number of aromatic nitrogens is 2. The summed E-state index contributed by atoms with van der Waals surface area (Å²) in [6.45, 7) is 13.0. The molecular weight excluding hydrogens is 432 g/mol. The zero-order valence-corrected chi connectivity index (χ0v) is 20.7. The van der Waals surface area contributed by atoms with Gasteiger partial charge in [-0.05, 0) is 30.0 Å². The average molecular weight is 469 g/mol. The van der Waals surface area contributed by atoms with Crippen LogP contribution < -0.4 is 26.6 Å². The number of amides is 1. The van der Waals surface area contributed by atoms with E-state index in [1.165, 1.54) is 11.6 Å². The molecule has 0 saturated heterocycles. The van der Waals surface area contributed by atoms with Crippen LogP contribution in [0.3, 0.4) is 0 Å². The number of carbonyl (C=O) groups excluding carboxylic acids is 1. The van der Waals surface area contributed by atoms with Crippen molar-refractivity contribution >= 4 is 11.6 Å². The molecule has 4 rings (SSSR count). The second kappa shape index (κ2) is 9.75. The van der Waals surface area contributed by atoms with Gasteiger partial charge in [-0.3, -0.25) is 19.2 Å². The van der Waals surface area contributed by atoms with Gasteiger partial charge in [-0.15, -0.1) is 0 Å². The molecule has 2 heterocycles. The maximum Gasteiger partial charge on any atom is 0.287 e. The van der Waals surface area contributed by atoms with Crippen molar-refractivity contribution in [2.24, 2.45) is 0 Å². The van der Waals surface area contributed by atoms with E-state index < -0.39 is 16.8 Å². The smallest absolute Gasteiger partial charge is 0.287 e. The van der Waals surface area contributed by atoms with Crippen molar-refractivity contribution in [2.45, 2.75) is 66.5 Å². The van der Waals surface area contributed by atoms with E-state index in [-0.39, 0.29) is 26.2 Å². The molecule has 8 nitrogen and oxygen atoms in total. The molecular formula is C26H36N4O4. The van der Waals surface area contributed by atoms with Crippen molar-refractivity contribution in [2.75, 3.05) is 11.4 Å². The van der Waals surface area contributed by atoms with Gasteiger partial charge in [0.25, 0.3) is 11.5 Å². The third-order valence-electron chi connectivity index (χ3n) is 5.89. The summed E-state index contributed by atoms with van der Waals surface area (Å²) in [7, 11) is 0. The van der Waals surface area contributed by atoms with Crippen LogP contribution in [0.1, 0.15) is 76.0 Å². The Morgan fingerprint density at radius 2 is 1.82 bits per heavy atom. The maximum absolute atomic E-state index is 12.6. The molecule has 1 aliphatic rings. The molecule has 3 aromatic rings. The monoisotopic (exact) mass is 468 g/mol. The fourth-order valence-electron chi connectivity index (χ4n) is 4.00. The van der Waals surface area contributed by atoms with Gasteiger partial charge in [0.2, 0.25) is 10.9 Å². The summed E-state index contributed by atoms with van der Waals surface area (Å²) in [5.41, 5.74) is 3.23. The third-order valence-corrected chi connectivity index (χ3v) is 5.89. The van der Waals surface area contributed by atoms with Crippen LogP contribution in [0.25, 0.3) is 0 Å². The summed E-state index contributed by atoms with van der Waals surface area (Å²) in [5.74, 6) is -0.464. The topological polar surface area (TPSA) is 112 Å². The molecule has 0 saturated carbocycles. The lowest BCUT2D eigenvalue weighted by atomic mass is 9.92. The van der Waals surface area contributed by atoms with E-state index in [4.69, 9.17) is 0 Å². The number of fused-ring (bicyclic) bond motifs is 1. The summed E-state index contributed by atoms with van der Waals surface area (Å²) >= 11 is 0. The number of carbonyl (C=O) groups is 1. The van der Waals surface area contributed by atoms with Gasteiger partial charge in [-0.25, -0.2) is 4.98 Å². The summed E-state index contributed by atoms with van der Waals surface area (Å²) in [6, 6.07) is 7.40. The van der Waals surface area contributed by atoms with Crippen molar-refractivity contribution in [3.63, 3.8) is 0 Å². The summed E-state index contributed by atoms with van der Waals surface area (Å²) in [5, 5.41) is 2.81. The van der Waals surface area contributed by atoms with E-state index in [0.29, 0.717) is 30.0 Å². The first kappa shape index (κ1) is 25.1. The van der Waals surface area contributed by atoms with Crippen LogP contribution in [0, 0.1) is 6.92 Å². The van der Waals surface area contributed by atoms with E-state index in [1.54, 1.807) is 6.92 Å². The van der Waals surface area contributed by atoms with Crippen LogP contribution in [0.4, 0.5) is 5.69 Å². The van der Waals surface area contributed by atoms with Gasteiger partial charge in [-0.2, -0.15) is 0 Å². The normalized spacial score (nSPS) is 13.2. The highest BCUT2D eigenvalue weighted by Gasteiger charge is 2.26. The highest BCUT2D eigenvalue weighted by molar-refractivity contribution is 5.90. The number of nitrogens with one attached hydrogen (secondary N) is 2. The maximum atomic E-state index is 12.6. The van der Waals surface area contributed by atoms with E-state index in [0.717, 1.165) is 17.5 Å². The van der Waals surface area contributed by atoms with Crippen LogP contribution in [0.5, 0.6) is 0 Å².